The van der Waals surface area contributed by atoms with Gasteiger partial charge >= 0.3 is 6.03 Å². The number of carbonyl (C=O) groups is 1. The molecule has 3 rings (SSSR count). The molecule has 1 saturated carbocycles. The van der Waals surface area contributed by atoms with E-state index >= 15 is 0 Å². The number of aryl methyl sites for hydroxylation is 1. The Bertz CT molecular complexity index is 794. The van der Waals surface area contributed by atoms with E-state index in [2.05, 4.69) is 5.32 Å². The summed E-state index contributed by atoms with van der Waals surface area (Å²) in [5.74, 6) is 0. The summed E-state index contributed by atoms with van der Waals surface area (Å²) in [6.45, 7) is 2.66. The molecule has 0 spiro atoms. The molecule has 0 unspecified atom stereocenters. The molecule has 25 heavy (non-hydrogen) atoms. The second-order valence-corrected chi connectivity index (χ2v) is 6.42. The zero-order chi connectivity index (χ0) is 17.8. The summed E-state index contributed by atoms with van der Waals surface area (Å²) in [7, 11) is 0. The molecule has 6 heteroatoms. The van der Waals surface area contributed by atoms with Gasteiger partial charge in [0, 0.05) is 18.8 Å². The first-order chi connectivity index (χ1) is 12.1. The number of nitrogens with zero attached hydrogens (tertiary/aromatic N) is 2. The van der Waals surface area contributed by atoms with Crippen molar-refractivity contribution in [3.05, 3.63) is 64.1 Å². The molecular weight excluding hydrogens is 318 g/mol. The number of urea groups is 1. The molecule has 0 aliphatic heterocycles. The minimum Gasteiger partial charge on any atom is -0.395 e. The molecule has 2 amide bonds. The number of aromatic nitrogens is 1. The van der Waals surface area contributed by atoms with Gasteiger partial charge in [-0.15, -0.1) is 0 Å². The van der Waals surface area contributed by atoms with E-state index in [4.69, 9.17) is 5.11 Å². The molecule has 6 nitrogen and oxygen atoms in total. The van der Waals surface area contributed by atoms with Gasteiger partial charge in [-0.2, -0.15) is 0 Å². The van der Waals surface area contributed by atoms with E-state index in [0.717, 1.165) is 18.4 Å². The lowest BCUT2D eigenvalue weighted by atomic mass is 10.1. The fourth-order valence-electron chi connectivity index (χ4n) is 2.78. The number of aliphatic hydroxyl groups excluding tert-OH is 1. The van der Waals surface area contributed by atoms with E-state index in [-0.39, 0.29) is 36.5 Å². The maximum Gasteiger partial charge on any atom is 0.322 e. The third-order valence-corrected chi connectivity index (χ3v) is 4.32. The van der Waals surface area contributed by atoms with Gasteiger partial charge in [0.2, 0.25) is 0 Å². The van der Waals surface area contributed by atoms with Gasteiger partial charge in [0.05, 0.1) is 13.2 Å². The van der Waals surface area contributed by atoms with Crippen molar-refractivity contribution in [3.8, 4) is 0 Å². The third-order valence-electron chi connectivity index (χ3n) is 4.32. The van der Waals surface area contributed by atoms with Gasteiger partial charge < -0.3 is 19.9 Å². The zero-order valence-corrected chi connectivity index (χ0v) is 14.3. The van der Waals surface area contributed by atoms with Crippen LogP contribution in [0.15, 0.2) is 47.4 Å². The SMILES string of the molecule is Cc1ccc(Cn2cccc(NC(=O)N(CCO)C3CC3)c2=O)cc1. The van der Waals surface area contributed by atoms with E-state index in [0.29, 0.717) is 6.54 Å². The highest BCUT2D eigenvalue weighted by Gasteiger charge is 2.32. The van der Waals surface area contributed by atoms with Gasteiger partial charge in [-0.05, 0) is 37.5 Å². The molecule has 1 aromatic heterocycles. The highest BCUT2D eigenvalue weighted by Crippen LogP contribution is 2.26. The van der Waals surface area contributed by atoms with Gasteiger partial charge in [-0.25, -0.2) is 4.79 Å². The predicted octanol–water partition coefficient (Wildman–Crippen LogP) is 2.19. The summed E-state index contributed by atoms with van der Waals surface area (Å²) in [5, 5.41) is 11.8. The number of benzene rings is 1. The number of carbonyl (C=O) groups excluding carboxylic acids is 1. The molecule has 0 saturated heterocycles. The molecule has 1 aliphatic rings. The highest BCUT2D eigenvalue weighted by atomic mass is 16.3. The summed E-state index contributed by atoms with van der Waals surface area (Å²) in [4.78, 5) is 26.6. The molecule has 0 atom stereocenters. The van der Waals surface area contributed by atoms with E-state index in [1.54, 1.807) is 27.8 Å². The number of aliphatic hydroxyl groups is 1. The Hall–Kier alpha value is -2.60. The molecule has 132 valence electrons. The largest absolute Gasteiger partial charge is 0.395 e. The first-order valence-electron chi connectivity index (χ1n) is 8.52. The Labute approximate surface area is 146 Å². The molecule has 0 bridgehead atoms. The van der Waals surface area contributed by atoms with Crippen molar-refractivity contribution in [2.24, 2.45) is 0 Å². The number of pyridine rings is 1. The third kappa shape index (κ3) is 4.28. The maximum atomic E-state index is 12.6. The van der Waals surface area contributed by atoms with Crippen molar-refractivity contribution >= 4 is 11.7 Å². The lowest BCUT2D eigenvalue weighted by Crippen LogP contribution is -2.40. The Kier molecular flexibility index (Phi) is 5.19. The Morgan fingerprint density at radius 2 is 2.00 bits per heavy atom. The van der Waals surface area contributed by atoms with E-state index in [1.807, 2.05) is 31.2 Å². The summed E-state index contributed by atoms with van der Waals surface area (Å²) >= 11 is 0. The van der Waals surface area contributed by atoms with Crippen LogP contribution in [0, 0.1) is 6.92 Å². The number of nitrogens with one attached hydrogen (secondary N) is 1. The first kappa shape index (κ1) is 17.2. The first-order valence-corrected chi connectivity index (χ1v) is 8.52. The van der Waals surface area contributed by atoms with Gasteiger partial charge in [-0.1, -0.05) is 29.8 Å². The van der Waals surface area contributed by atoms with Crippen LogP contribution in [0.25, 0.3) is 0 Å². The molecule has 2 aromatic rings. The smallest absolute Gasteiger partial charge is 0.322 e. The van der Waals surface area contributed by atoms with Crippen molar-refractivity contribution in [2.45, 2.75) is 32.4 Å². The summed E-state index contributed by atoms with van der Waals surface area (Å²) < 4.78 is 1.58. The van der Waals surface area contributed by atoms with Crippen molar-refractivity contribution in [1.82, 2.24) is 9.47 Å². The van der Waals surface area contributed by atoms with Crippen LogP contribution in [0.2, 0.25) is 0 Å². The van der Waals surface area contributed by atoms with Crippen LogP contribution < -0.4 is 10.9 Å². The minimum atomic E-state index is -0.332. The van der Waals surface area contributed by atoms with Crippen molar-refractivity contribution in [3.63, 3.8) is 0 Å². The topological polar surface area (TPSA) is 74.6 Å². The molecular formula is C19H23N3O3. The quantitative estimate of drug-likeness (QED) is 0.846. The molecule has 2 N–H and O–H groups in total. The summed E-state index contributed by atoms with van der Waals surface area (Å²) in [6.07, 6.45) is 3.60. The average molecular weight is 341 g/mol. The van der Waals surface area contributed by atoms with E-state index in [1.165, 1.54) is 5.56 Å². The highest BCUT2D eigenvalue weighted by molar-refractivity contribution is 5.89. The maximum absolute atomic E-state index is 12.6. The van der Waals surface area contributed by atoms with Gasteiger partial charge in [0.15, 0.2) is 0 Å². The van der Waals surface area contributed by atoms with Crippen molar-refractivity contribution < 1.29 is 9.90 Å². The summed E-state index contributed by atoms with van der Waals surface area (Å²) in [5.41, 5.74) is 2.21. The Balaban J connectivity index is 1.75. The average Bonchev–Trinajstić information content (AvgIpc) is 3.43. The lowest BCUT2D eigenvalue weighted by molar-refractivity contribution is 0.185. The second-order valence-electron chi connectivity index (χ2n) is 6.42. The monoisotopic (exact) mass is 341 g/mol. The van der Waals surface area contributed by atoms with Crippen LogP contribution >= 0.6 is 0 Å². The van der Waals surface area contributed by atoms with Crippen molar-refractivity contribution in [2.75, 3.05) is 18.5 Å². The molecule has 1 aliphatic carbocycles. The van der Waals surface area contributed by atoms with E-state index in [9.17, 15) is 9.59 Å². The Morgan fingerprint density at radius 3 is 2.64 bits per heavy atom. The number of anilines is 1. The standard InChI is InChI=1S/C19H23N3O3/c1-14-4-6-15(7-5-14)13-21-10-2-3-17(18(21)24)20-19(25)22(11-12-23)16-8-9-16/h2-7,10,16,23H,8-9,11-13H2,1H3,(H,20,25). The number of hydrogen-bond donors (Lipinski definition) is 2. The van der Waals surface area contributed by atoms with Gasteiger partial charge in [0.1, 0.15) is 5.69 Å². The fraction of sp³-hybridized carbons (Fsp3) is 0.368. The zero-order valence-electron chi connectivity index (χ0n) is 14.3. The van der Waals surface area contributed by atoms with Crippen LogP contribution in [0.5, 0.6) is 0 Å². The minimum absolute atomic E-state index is 0.0869. The van der Waals surface area contributed by atoms with Crippen LogP contribution in [-0.4, -0.2) is 39.8 Å². The summed E-state index contributed by atoms with van der Waals surface area (Å²) in [6, 6.07) is 11.2. The fourth-order valence-corrected chi connectivity index (χ4v) is 2.78. The molecule has 1 heterocycles. The van der Waals surface area contributed by atoms with Crippen LogP contribution in [0.3, 0.4) is 0 Å². The van der Waals surface area contributed by atoms with Gasteiger partial charge in [-0.3, -0.25) is 4.79 Å². The molecule has 1 fully saturated rings. The van der Waals surface area contributed by atoms with Crippen LogP contribution in [0.4, 0.5) is 10.5 Å². The number of amides is 2. The lowest BCUT2D eigenvalue weighted by Gasteiger charge is -2.21. The van der Waals surface area contributed by atoms with E-state index < -0.39 is 0 Å². The van der Waals surface area contributed by atoms with Crippen LogP contribution in [0.1, 0.15) is 24.0 Å². The predicted molar refractivity (Wildman–Crippen MR) is 96.8 cm³/mol. The number of hydrogen-bond acceptors (Lipinski definition) is 3. The second kappa shape index (κ2) is 7.53. The molecule has 0 radical (unpaired) electrons. The number of rotatable bonds is 6. The molecule has 1 aromatic carbocycles. The Morgan fingerprint density at radius 1 is 1.28 bits per heavy atom. The van der Waals surface area contributed by atoms with Crippen LogP contribution in [-0.2, 0) is 6.54 Å². The van der Waals surface area contributed by atoms with Crippen molar-refractivity contribution in [1.29, 1.82) is 0 Å². The van der Waals surface area contributed by atoms with Gasteiger partial charge in [0.25, 0.3) is 5.56 Å². The normalized spacial score (nSPS) is 13.5.